The highest BCUT2D eigenvalue weighted by Gasteiger charge is 2.31. The van der Waals surface area contributed by atoms with Crippen LogP contribution >= 0.6 is 0 Å². The fourth-order valence-electron chi connectivity index (χ4n) is 4.41. The molecule has 4 heteroatoms. The first-order valence-electron chi connectivity index (χ1n) is 12.8. The monoisotopic (exact) mass is 424 g/mol. The molecule has 0 aromatic heterocycles. The molecule has 0 aromatic carbocycles. The molecule has 0 bridgehead atoms. The molecule has 1 fully saturated rings. The van der Waals surface area contributed by atoms with Crippen molar-refractivity contribution in [3.63, 3.8) is 0 Å². The van der Waals surface area contributed by atoms with Gasteiger partial charge < -0.3 is 9.47 Å². The number of carbonyl (C=O) groups excluding carboxylic acids is 2. The maximum absolute atomic E-state index is 12.5. The molecule has 0 saturated heterocycles. The van der Waals surface area contributed by atoms with Gasteiger partial charge in [-0.1, -0.05) is 72.6 Å². The maximum Gasteiger partial charge on any atom is 0.308 e. The van der Waals surface area contributed by atoms with Crippen molar-refractivity contribution in [2.75, 3.05) is 13.2 Å². The molecule has 1 aliphatic rings. The van der Waals surface area contributed by atoms with Gasteiger partial charge >= 0.3 is 11.9 Å². The second-order valence-electron chi connectivity index (χ2n) is 9.74. The van der Waals surface area contributed by atoms with Crippen molar-refractivity contribution in [1.29, 1.82) is 0 Å². The topological polar surface area (TPSA) is 52.6 Å². The van der Waals surface area contributed by atoms with Crippen LogP contribution in [-0.2, 0) is 19.1 Å². The fraction of sp³-hybridized carbons (Fsp3) is 0.923. The standard InChI is InChI=1S/C26H48O4/c1-5-7-9-14-22(12-6-2)20-30-26(28)24-17-15-23(16-18-24)25(27)29-19-11-8-10-13-21(3)4/h21-24H,5-20H2,1-4H3. The summed E-state index contributed by atoms with van der Waals surface area (Å²) in [5.41, 5.74) is 0. The Kier molecular flexibility index (Phi) is 14.9. The third-order valence-corrected chi connectivity index (χ3v) is 6.44. The fourth-order valence-corrected chi connectivity index (χ4v) is 4.41. The van der Waals surface area contributed by atoms with Gasteiger partial charge in [-0.15, -0.1) is 0 Å². The van der Waals surface area contributed by atoms with E-state index in [1.807, 2.05) is 0 Å². The first-order chi connectivity index (χ1) is 14.5. The smallest absolute Gasteiger partial charge is 0.308 e. The number of esters is 2. The van der Waals surface area contributed by atoms with Gasteiger partial charge in [-0.3, -0.25) is 9.59 Å². The lowest BCUT2D eigenvalue weighted by Gasteiger charge is -2.26. The second-order valence-corrected chi connectivity index (χ2v) is 9.74. The molecule has 0 radical (unpaired) electrons. The third-order valence-electron chi connectivity index (χ3n) is 6.44. The Morgan fingerprint density at radius 1 is 0.733 bits per heavy atom. The average molecular weight is 425 g/mol. The molecule has 0 N–H and O–H groups in total. The highest BCUT2D eigenvalue weighted by Crippen LogP contribution is 2.31. The van der Waals surface area contributed by atoms with Gasteiger partial charge in [0, 0.05) is 0 Å². The van der Waals surface area contributed by atoms with Crippen LogP contribution in [0.2, 0.25) is 0 Å². The Bertz CT molecular complexity index is 452. The number of unbranched alkanes of at least 4 members (excludes halogenated alkanes) is 4. The van der Waals surface area contributed by atoms with Crippen LogP contribution in [0.15, 0.2) is 0 Å². The zero-order valence-corrected chi connectivity index (χ0v) is 20.3. The van der Waals surface area contributed by atoms with E-state index in [0.29, 0.717) is 19.1 Å². The van der Waals surface area contributed by atoms with Crippen molar-refractivity contribution in [2.24, 2.45) is 23.7 Å². The van der Waals surface area contributed by atoms with Crippen LogP contribution in [0.25, 0.3) is 0 Å². The number of carbonyl (C=O) groups is 2. The predicted octanol–water partition coefficient (Wildman–Crippen LogP) is 7.09. The average Bonchev–Trinajstić information content (AvgIpc) is 2.74. The molecule has 1 saturated carbocycles. The summed E-state index contributed by atoms with van der Waals surface area (Å²) in [5.74, 6) is 1.05. The molecular weight excluding hydrogens is 376 g/mol. The van der Waals surface area contributed by atoms with E-state index in [1.165, 1.54) is 32.1 Å². The maximum atomic E-state index is 12.5. The lowest BCUT2D eigenvalue weighted by atomic mass is 9.82. The zero-order chi connectivity index (χ0) is 22.2. The molecule has 0 aliphatic heterocycles. The summed E-state index contributed by atoms with van der Waals surface area (Å²) >= 11 is 0. The molecule has 0 amide bonds. The Morgan fingerprint density at radius 3 is 1.90 bits per heavy atom. The predicted molar refractivity (Wildman–Crippen MR) is 123 cm³/mol. The van der Waals surface area contributed by atoms with Crippen LogP contribution in [0, 0.1) is 23.7 Å². The Balaban J connectivity index is 2.20. The molecule has 0 spiro atoms. The largest absolute Gasteiger partial charge is 0.465 e. The molecule has 176 valence electrons. The molecule has 1 rings (SSSR count). The summed E-state index contributed by atoms with van der Waals surface area (Å²) in [6, 6.07) is 0. The first kappa shape index (κ1) is 27.0. The SMILES string of the molecule is CCCCCC(CCC)COC(=O)C1CCC(C(=O)OCCCCCC(C)C)CC1. The number of hydrogen-bond acceptors (Lipinski definition) is 4. The Morgan fingerprint density at radius 2 is 1.33 bits per heavy atom. The van der Waals surface area contributed by atoms with Crippen LogP contribution in [0.5, 0.6) is 0 Å². The highest BCUT2D eigenvalue weighted by atomic mass is 16.5. The lowest BCUT2D eigenvalue weighted by Crippen LogP contribution is -2.29. The van der Waals surface area contributed by atoms with Crippen LogP contribution < -0.4 is 0 Å². The van der Waals surface area contributed by atoms with Crippen LogP contribution in [0.3, 0.4) is 0 Å². The molecule has 0 aromatic rings. The van der Waals surface area contributed by atoms with E-state index in [2.05, 4.69) is 27.7 Å². The minimum atomic E-state index is -0.0652. The normalized spacial score (nSPS) is 20.2. The number of ether oxygens (including phenoxy) is 2. The van der Waals surface area contributed by atoms with Gasteiger partial charge in [-0.25, -0.2) is 0 Å². The Hall–Kier alpha value is -1.06. The minimum Gasteiger partial charge on any atom is -0.465 e. The number of rotatable bonds is 16. The van der Waals surface area contributed by atoms with E-state index in [1.54, 1.807) is 0 Å². The molecular formula is C26H48O4. The summed E-state index contributed by atoms with van der Waals surface area (Å²) in [4.78, 5) is 24.8. The van der Waals surface area contributed by atoms with E-state index >= 15 is 0 Å². The van der Waals surface area contributed by atoms with E-state index in [-0.39, 0.29) is 23.8 Å². The summed E-state index contributed by atoms with van der Waals surface area (Å²) in [6.45, 7) is 9.99. The van der Waals surface area contributed by atoms with Crippen molar-refractivity contribution in [2.45, 2.75) is 118 Å². The van der Waals surface area contributed by atoms with Crippen molar-refractivity contribution < 1.29 is 19.1 Å². The summed E-state index contributed by atoms with van der Waals surface area (Å²) in [5, 5.41) is 0. The summed E-state index contributed by atoms with van der Waals surface area (Å²) in [7, 11) is 0. The van der Waals surface area contributed by atoms with E-state index in [4.69, 9.17) is 9.47 Å². The molecule has 0 heterocycles. The second kappa shape index (κ2) is 16.6. The lowest BCUT2D eigenvalue weighted by molar-refractivity contribution is -0.156. The van der Waals surface area contributed by atoms with Crippen molar-refractivity contribution in [3.05, 3.63) is 0 Å². The van der Waals surface area contributed by atoms with Gasteiger partial charge in [0.25, 0.3) is 0 Å². The van der Waals surface area contributed by atoms with Crippen LogP contribution in [0.4, 0.5) is 0 Å². The molecule has 1 atom stereocenters. The summed E-state index contributed by atoms with van der Waals surface area (Å²) in [6.07, 6.45) is 14.7. The van der Waals surface area contributed by atoms with Crippen molar-refractivity contribution in [1.82, 2.24) is 0 Å². The van der Waals surface area contributed by atoms with Crippen molar-refractivity contribution in [3.8, 4) is 0 Å². The van der Waals surface area contributed by atoms with Crippen LogP contribution in [-0.4, -0.2) is 25.2 Å². The van der Waals surface area contributed by atoms with Gasteiger partial charge in [-0.05, 0) is 56.8 Å². The van der Waals surface area contributed by atoms with Gasteiger partial charge in [0.1, 0.15) is 0 Å². The third kappa shape index (κ3) is 12.0. The van der Waals surface area contributed by atoms with Gasteiger partial charge in [0.2, 0.25) is 0 Å². The van der Waals surface area contributed by atoms with Gasteiger partial charge in [-0.2, -0.15) is 0 Å². The van der Waals surface area contributed by atoms with E-state index < -0.39 is 0 Å². The summed E-state index contributed by atoms with van der Waals surface area (Å²) < 4.78 is 11.2. The molecule has 1 unspecified atom stereocenters. The van der Waals surface area contributed by atoms with Crippen LogP contribution in [0.1, 0.15) is 118 Å². The molecule has 4 nitrogen and oxygen atoms in total. The van der Waals surface area contributed by atoms with Gasteiger partial charge in [0.15, 0.2) is 0 Å². The zero-order valence-electron chi connectivity index (χ0n) is 20.3. The number of hydrogen-bond donors (Lipinski definition) is 0. The van der Waals surface area contributed by atoms with Gasteiger partial charge in [0.05, 0.1) is 25.0 Å². The Labute approximate surface area is 185 Å². The minimum absolute atomic E-state index is 0.0356. The van der Waals surface area contributed by atoms with Crippen molar-refractivity contribution >= 4 is 11.9 Å². The quantitative estimate of drug-likeness (QED) is 0.196. The molecule has 1 aliphatic carbocycles. The van der Waals surface area contributed by atoms with E-state index in [0.717, 1.165) is 63.7 Å². The highest BCUT2D eigenvalue weighted by molar-refractivity contribution is 5.75. The molecule has 30 heavy (non-hydrogen) atoms. The van der Waals surface area contributed by atoms with E-state index in [9.17, 15) is 9.59 Å². The first-order valence-corrected chi connectivity index (χ1v) is 12.8.